The zero-order valence-corrected chi connectivity index (χ0v) is 8.88. The average molecular weight is 198 g/mol. The predicted octanol–water partition coefficient (Wildman–Crippen LogP) is 0.523. The van der Waals surface area contributed by atoms with Gasteiger partial charge in [0.2, 0.25) is 11.8 Å². The normalized spacial score (nSPS) is 23.3. The van der Waals surface area contributed by atoms with E-state index in [-0.39, 0.29) is 17.9 Å². The first-order valence-corrected chi connectivity index (χ1v) is 5.23. The Morgan fingerprint density at radius 3 is 2.86 bits per heavy atom. The van der Waals surface area contributed by atoms with Gasteiger partial charge in [0.1, 0.15) is 6.04 Å². The summed E-state index contributed by atoms with van der Waals surface area (Å²) in [5.41, 5.74) is 0. The van der Waals surface area contributed by atoms with Crippen LogP contribution in [0.15, 0.2) is 0 Å². The summed E-state index contributed by atoms with van der Waals surface area (Å²) >= 11 is 0. The fourth-order valence-corrected chi connectivity index (χ4v) is 1.57. The van der Waals surface area contributed by atoms with E-state index in [1.165, 1.54) is 0 Å². The number of unbranched alkanes of at least 4 members (excludes halogenated alkanes) is 1. The summed E-state index contributed by atoms with van der Waals surface area (Å²) in [6.07, 6.45) is 2.51. The standard InChI is InChI=1S/C10H18N2O2/c1-3-4-6-12-7-5-9(13)11-8(2)10(12)14/h8H,3-7H2,1-2H3,(H,11,13). The van der Waals surface area contributed by atoms with E-state index in [2.05, 4.69) is 12.2 Å². The minimum Gasteiger partial charge on any atom is -0.345 e. The van der Waals surface area contributed by atoms with E-state index in [0.29, 0.717) is 13.0 Å². The van der Waals surface area contributed by atoms with Crippen molar-refractivity contribution in [1.29, 1.82) is 0 Å². The lowest BCUT2D eigenvalue weighted by atomic mass is 10.2. The Morgan fingerprint density at radius 2 is 2.21 bits per heavy atom. The zero-order valence-electron chi connectivity index (χ0n) is 8.88. The van der Waals surface area contributed by atoms with Gasteiger partial charge in [-0.15, -0.1) is 0 Å². The molecule has 1 aliphatic rings. The third-order valence-electron chi connectivity index (χ3n) is 2.45. The van der Waals surface area contributed by atoms with E-state index < -0.39 is 0 Å². The van der Waals surface area contributed by atoms with E-state index in [4.69, 9.17) is 0 Å². The second-order valence-corrected chi connectivity index (χ2v) is 3.72. The minimum absolute atomic E-state index is 0.0233. The average Bonchev–Trinajstić information content (AvgIpc) is 2.26. The molecule has 0 bridgehead atoms. The van der Waals surface area contributed by atoms with Crippen LogP contribution in [-0.4, -0.2) is 35.8 Å². The van der Waals surface area contributed by atoms with E-state index in [9.17, 15) is 9.59 Å². The van der Waals surface area contributed by atoms with E-state index >= 15 is 0 Å². The molecule has 0 saturated carbocycles. The van der Waals surface area contributed by atoms with Gasteiger partial charge in [-0.05, 0) is 13.3 Å². The third kappa shape index (κ3) is 2.72. The molecule has 0 aromatic rings. The van der Waals surface area contributed by atoms with Crippen LogP contribution in [0.1, 0.15) is 33.1 Å². The maximum Gasteiger partial charge on any atom is 0.244 e. The van der Waals surface area contributed by atoms with Gasteiger partial charge in [0.15, 0.2) is 0 Å². The van der Waals surface area contributed by atoms with Crippen LogP contribution in [0.3, 0.4) is 0 Å². The first-order valence-electron chi connectivity index (χ1n) is 5.23. The lowest BCUT2D eigenvalue weighted by molar-refractivity contribution is -0.133. The topological polar surface area (TPSA) is 49.4 Å². The molecule has 2 amide bonds. The summed E-state index contributed by atoms with van der Waals surface area (Å²) in [6, 6.07) is -0.359. The Bertz CT molecular complexity index is 228. The van der Waals surface area contributed by atoms with Crippen molar-refractivity contribution in [2.75, 3.05) is 13.1 Å². The third-order valence-corrected chi connectivity index (χ3v) is 2.45. The Morgan fingerprint density at radius 1 is 1.50 bits per heavy atom. The van der Waals surface area contributed by atoms with Crippen LogP contribution in [0, 0.1) is 0 Å². The van der Waals surface area contributed by atoms with Crippen molar-refractivity contribution in [3.63, 3.8) is 0 Å². The second-order valence-electron chi connectivity index (χ2n) is 3.72. The van der Waals surface area contributed by atoms with Crippen LogP contribution >= 0.6 is 0 Å². The maximum atomic E-state index is 11.7. The number of hydrogen-bond acceptors (Lipinski definition) is 2. The van der Waals surface area contributed by atoms with Crippen LogP contribution < -0.4 is 5.32 Å². The van der Waals surface area contributed by atoms with Crippen molar-refractivity contribution in [3.05, 3.63) is 0 Å². The molecular formula is C10H18N2O2. The van der Waals surface area contributed by atoms with Gasteiger partial charge < -0.3 is 10.2 Å². The molecule has 0 aliphatic carbocycles. The molecule has 1 fully saturated rings. The molecule has 0 aromatic heterocycles. The molecule has 1 rings (SSSR count). The number of carbonyl (C=O) groups excluding carboxylic acids is 2. The van der Waals surface area contributed by atoms with Crippen molar-refractivity contribution in [1.82, 2.24) is 10.2 Å². The summed E-state index contributed by atoms with van der Waals surface area (Å²) in [5.74, 6) is 0.0224. The van der Waals surface area contributed by atoms with Gasteiger partial charge in [0.05, 0.1) is 0 Å². The van der Waals surface area contributed by atoms with E-state index in [0.717, 1.165) is 19.4 Å². The molecule has 4 nitrogen and oxygen atoms in total. The Hall–Kier alpha value is -1.06. The van der Waals surface area contributed by atoms with Crippen LogP contribution in [0.2, 0.25) is 0 Å². The monoisotopic (exact) mass is 198 g/mol. The summed E-state index contributed by atoms with van der Waals surface area (Å²) < 4.78 is 0. The number of amides is 2. The minimum atomic E-state index is -0.359. The molecule has 1 saturated heterocycles. The second kappa shape index (κ2) is 4.98. The van der Waals surface area contributed by atoms with Gasteiger partial charge in [0, 0.05) is 19.5 Å². The highest BCUT2D eigenvalue weighted by Gasteiger charge is 2.25. The number of nitrogens with one attached hydrogen (secondary N) is 1. The number of nitrogens with zero attached hydrogens (tertiary/aromatic N) is 1. The molecule has 1 atom stereocenters. The molecule has 1 heterocycles. The van der Waals surface area contributed by atoms with Crippen LogP contribution in [0.4, 0.5) is 0 Å². The smallest absolute Gasteiger partial charge is 0.244 e. The first kappa shape index (κ1) is 11.0. The molecule has 0 aromatic carbocycles. The molecule has 1 aliphatic heterocycles. The molecule has 4 heteroatoms. The fourth-order valence-electron chi connectivity index (χ4n) is 1.57. The van der Waals surface area contributed by atoms with Crippen LogP contribution in [0.25, 0.3) is 0 Å². The number of hydrogen-bond donors (Lipinski definition) is 1. The Kier molecular flexibility index (Phi) is 3.92. The van der Waals surface area contributed by atoms with Gasteiger partial charge in [-0.3, -0.25) is 9.59 Å². The molecule has 1 unspecified atom stereocenters. The molecule has 0 spiro atoms. The van der Waals surface area contributed by atoms with Crippen molar-refractivity contribution >= 4 is 11.8 Å². The van der Waals surface area contributed by atoms with Gasteiger partial charge in [-0.2, -0.15) is 0 Å². The summed E-state index contributed by atoms with van der Waals surface area (Å²) in [6.45, 7) is 5.17. The van der Waals surface area contributed by atoms with Gasteiger partial charge in [-0.25, -0.2) is 0 Å². The van der Waals surface area contributed by atoms with Gasteiger partial charge in [-0.1, -0.05) is 13.3 Å². The zero-order chi connectivity index (χ0) is 10.6. The Labute approximate surface area is 84.7 Å². The lowest BCUT2D eigenvalue weighted by Gasteiger charge is -2.21. The molecule has 14 heavy (non-hydrogen) atoms. The quantitative estimate of drug-likeness (QED) is 0.719. The van der Waals surface area contributed by atoms with Crippen molar-refractivity contribution in [3.8, 4) is 0 Å². The maximum absolute atomic E-state index is 11.7. The highest BCUT2D eigenvalue weighted by Crippen LogP contribution is 2.04. The summed E-state index contributed by atoms with van der Waals surface area (Å²) in [4.78, 5) is 24.7. The largest absolute Gasteiger partial charge is 0.345 e. The highest BCUT2D eigenvalue weighted by atomic mass is 16.2. The summed E-state index contributed by atoms with van der Waals surface area (Å²) in [7, 11) is 0. The Balaban J connectivity index is 2.56. The molecule has 80 valence electrons. The molecular weight excluding hydrogens is 180 g/mol. The first-order chi connectivity index (χ1) is 6.65. The van der Waals surface area contributed by atoms with Crippen LogP contribution in [-0.2, 0) is 9.59 Å². The number of carbonyl (C=O) groups is 2. The van der Waals surface area contributed by atoms with Crippen molar-refractivity contribution < 1.29 is 9.59 Å². The van der Waals surface area contributed by atoms with Gasteiger partial charge in [0.25, 0.3) is 0 Å². The molecule has 0 radical (unpaired) electrons. The van der Waals surface area contributed by atoms with Crippen LogP contribution in [0.5, 0.6) is 0 Å². The lowest BCUT2D eigenvalue weighted by Crippen LogP contribution is -2.42. The van der Waals surface area contributed by atoms with E-state index in [1.54, 1.807) is 11.8 Å². The highest BCUT2D eigenvalue weighted by molar-refractivity contribution is 5.89. The van der Waals surface area contributed by atoms with E-state index in [1.807, 2.05) is 0 Å². The SMILES string of the molecule is CCCCN1CCC(=O)NC(C)C1=O. The fraction of sp³-hybridized carbons (Fsp3) is 0.800. The van der Waals surface area contributed by atoms with Crippen molar-refractivity contribution in [2.24, 2.45) is 0 Å². The molecule has 1 N–H and O–H groups in total. The van der Waals surface area contributed by atoms with Gasteiger partial charge >= 0.3 is 0 Å². The number of rotatable bonds is 3. The van der Waals surface area contributed by atoms with Crippen molar-refractivity contribution in [2.45, 2.75) is 39.2 Å². The predicted molar refractivity (Wildman–Crippen MR) is 53.7 cm³/mol. The summed E-state index contributed by atoms with van der Waals surface area (Å²) in [5, 5.41) is 2.67.